The van der Waals surface area contributed by atoms with E-state index in [4.69, 9.17) is 5.73 Å². The molecule has 4 nitrogen and oxygen atoms in total. The third-order valence-electron chi connectivity index (χ3n) is 4.11. The van der Waals surface area contributed by atoms with E-state index in [1.807, 2.05) is 11.8 Å². The van der Waals surface area contributed by atoms with Crippen LogP contribution in [0.2, 0.25) is 0 Å². The number of benzene rings is 1. The number of imide groups is 1. The zero-order chi connectivity index (χ0) is 14.3. The van der Waals surface area contributed by atoms with Gasteiger partial charge in [0.05, 0.1) is 17.2 Å². The van der Waals surface area contributed by atoms with Gasteiger partial charge in [0.15, 0.2) is 0 Å². The van der Waals surface area contributed by atoms with Crippen LogP contribution in [-0.2, 0) is 0 Å². The monoisotopic (exact) mass is 290 g/mol. The van der Waals surface area contributed by atoms with E-state index < -0.39 is 0 Å². The second-order valence-electron chi connectivity index (χ2n) is 5.24. The SMILES string of the molecule is CCSC1CCCC1N1C(=O)c2cccc(N)c2C1=O. The van der Waals surface area contributed by atoms with Gasteiger partial charge in [-0.05, 0) is 30.7 Å². The van der Waals surface area contributed by atoms with Gasteiger partial charge in [0.1, 0.15) is 0 Å². The minimum absolute atomic E-state index is 0.0201. The molecular formula is C15H18N2O2S. The summed E-state index contributed by atoms with van der Waals surface area (Å²) in [6.45, 7) is 2.11. The second-order valence-corrected chi connectivity index (χ2v) is 6.76. The largest absolute Gasteiger partial charge is 0.398 e. The third-order valence-corrected chi connectivity index (χ3v) is 5.42. The number of fused-ring (bicyclic) bond motifs is 1. The Labute approximate surface area is 122 Å². The van der Waals surface area contributed by atoms with Gasteiger partial charge in [-0.2, -0.15) is 11.8 Å². The van der Waals surface area contributed by atoms with Crippen LogP contribution in [0, 0.1) is 0 Å². The van der Waals surface area contributed by atoms with Crippen LogP contribution < -0.4 is 5.73 Å². The number of hydrogen-bond donors (Lipinski definition) is 1. The number of carbonyl (C=O) groups excluding carboxylic acids is 2. The molecule has 106 valence electrons. The zero-order valence-electron chi connectivity index (χ0n) is 11.5. The molecule has 0 saturated heterocycles. The lowest BCUT2D eigenvalue weighted by molar-refractivity contribution is 0.0591. The van der Waals surface area contributed by atoms with Gasteiger partial charge in [0.25, 0.3) is 11.8 Å². The average molecular weight is 290 g/mol. The Morgan fingerprint density at radius 3 is 2.80 bits per heavy atom. The van der Waals surface area contributed by atoms with Gasteiger partial charge in [-0.25, -0.2) is 0 Å². The van der Waals surface area contributed by atoms with Gasteiger partial charge in [0.2, 0.25) is 0 Å². The Bertz CT molecular complexity index is 573. The van der Waals surface area contributed by atoms with Crippen LogP contribution in [0.25, 0.3) is 0 Å². The predicted octanol–water partition coefficient (Wildman–Crippen LogP) is 2.54. The van der Waals surface area contributed by atoms with Gasteiger partial charge in [-0.3, -0.25) is 14.5 Å². The first-order chi connectivity index (χ1) is 9.65. The van der Waals surface area contributed by atoms with Crippen LogP contribution in [0.5, 0.6) is 0 Å². The minimum Gasteiger partial charge on any atom is -0.398 e. The molecule has 20 heavy (non-hydrogen) atoms. The molecule has 3 rings (SSSR count). The number of nitrogens with zero attached hydrogens (tertiary/aromatic N) is 1. The van der Waals surface area contributed by atoms with E-state index in [1.165, 1.54) is 4.90 Å². The van der Waals surface area contributed by atoms with E-state index in [9.17, 15) is 9.59 Å². The van der Waals surface area contributed by atoms with Crippen LogP contribution in [0.3, 0.4) is 0 Å². The van der Waals surface area contributed by atoms with Crippen molar-refractivity contribution in [2.24, 2.45) is 0 Å². The van der Waals surface area contributed by atoms with Crippen LogP contribution in [0.1, 0.15) is 46.9 Å². The molecule has 1 aromatic rings. The first-order valence-corrected chi connectivity index (χ1v) is 8.08. The van der Waals surface area contributed by atoms with Crippen molar-refractivity contribution in [3.63, 3.8) is 0 Å². The maximum absolute atomic E-state index is 12.6. The fraction of sp³-hybridized carbons (Fsp3) is 0.467. The molecule has 1 aliphatic carbocycles. The summed E-state index contributed by atoms with van der Waals surface area (Å²) in [6.07, 6.45) is 3.06. The van der Waals surface area contributed by atoms with E-state index in [0.717, 1.165) is 25.0 Å². The Kier molecular flexibility index (Phi) is 3.46. The Hall–Kier alpha value is -1.49. The van der Waals surface area contributed by atoms with Crippen molar-refractivity contribution in [3.05, 3.63) is 29.3 Å². The predicted molar refractivity (Wildman–Crippen MR) is 80.9 cm³/mol. The highest BCUT2D eigenvalue weighted by molar-refractivity contribution is 7.99. The lowest BCUT2D eigenvalue weighted by Crippen LogP contribution is -2.43. The van der Waals surface area contributed by atoms with Crippen LogP contribution in [0.15, 0.2) is 18.2 Å². The van der Waals surface area contributed by atoms with Gasteiger partial charge in [-0.15, -0.1) is 0 Å². The van der Waals surface area contributed by atoms with E-state index in [2.05, 4.69) is 6.92 Å². The van der Waals surface area contributed by atoms with E-state index >= 15 is 0 Å². The van der Waals surface area contributed by atoms with Crippen molar-refractivity contribution in [2.75, 3.05) is 11.5 Å². The van der Waals surface area contributed by atoms with Crippen molar-refractivity contribution < 1.29 is 9.59 Å². The fourth-order valence-corrected chi connectivity index (χ4v) is 4.48. The Morgan fingerprint density at radius 1 is 1.30 bits per heavy atom. The maximum Gasteiger partial charge on any atom is 0.263 e. The Balaban J connectivity index is 1.95. The molecule has 0 aromatic heterocycles. The summed E-state index contributed by atoms with van der Waals surface area (Å²) in [4.78, 5) is 26.6. The summed E-state index contributed by atoms with van der Waals surface area (Å²) in [5, 5.41) is 0.364. The van der Waals surface area contributed by atoms with Crippen molar-refractivity contribution in [1.29, 1.82) is 0 Å². The minimum atomic E-state index is -0.211. The highest BCUT2D eigenvalue weighted by Crippen LogP contribution is 2.38. The topological polar surface area (TPSA) is 63.4 Å². The molecule has 0 spiro atoms. The molecule has 1 fully saturated rings. The molecule has 2 unspecified atom stereocenters. The number of nitrogens with two attached hydrogens (primary N) is 1. The molecule has 1 aliphatic heterocycles. The molecule has 5 heteroatoms. The summed E-state index contributed by atoms with van der Waals surface area (Å²) in [5.41, 5.74) is 7.13. The van der Waals surface area contributed by atoms with Gasteiger partial charge in [-0.1, -0.05) is 19.4 Å². The van der Waals surface area contributed by atoms with Crippen molar-refractivity contribution in [1.82, 2.24) is 4.90 Å². The number of carbonyl (C=O) groups is 2. The molecule has 2 aliphatic rings. The molecule has 0 radical (unpaired) electrons. The number of hydrogen-bond acceptors (Lipinski definition) is 4. The maximum atomic E-state index is 12.6. The Morgan fingerprint density at radius 2 is 2.10 bits per heavy atom. The smallest absolute Gasteiger partial charge is 0.263 e. The van der Waals surface area contributed by atoms with E-state index in [-0.39, 0.29) is 17.9 Å². The van der Waals surface area contributed by atoms with E-state index in [0.29, 0.717) is 22.1 Å². The summed E-state index contributed by atoms with van der Waals surface area (Å²) in [6, 6.07) is 5.13. The summed E-state index contributed by atoms with van der Waals surface area (Å²) in [7, 11) is 0. The molecule has 1 aromatic carbocycles. The fourth-order valence-electron chi connectivity index (χ4n) is 3.24. The first-order valence-electron chi connectivity index (χ1n) is 7.03. The number of thioether (sulfide) groups is 1. The van der Waals surface area contributed by atoms with Crippen LogP contribution >= 0.6 is 11.8 Å². The molecule has 2 N–H and O–H groups in total. The van der Waals surface area contributed by atoms with Gasteiger partial charge < -0.3 is 5.73 Å². The third kappa shape index (κ3) is 1.92. The van der Waals surface area contributed by atoms with Crippen molar-refractivity contribution in [3.8, 4) is 0 Å². The van der Waals surface area contributed by atoms with Gasteiger partial charge >= 0.3 is 0 Å². The number of nitrogen functional groups attached to an aromatic ring is 1. The number of anilines is 1. The van der Waals surface area contributed by atoms with E-state index in [1.54, 1.807) is 18.2 Å². The molecule has 1 saturated carbocycles. The lowest BCUT2D eigenvalue weighted by atomic mass is 10.1. The molecule has 1 heterocycles. The van der Waals surface area contributed by atoms with Crippen LogP contribution in [-0.4, -0.2) is 33.8 Å². The standard InChI is InChI=1S/C15H18N2O2S/c1-2-20-12-8-4-7-11(12)17-14(18)9-5-3-6-10(16)13(9)15(17)19/h3,5-6,11-12H,2,4,7-8,16H2,1H3. The highest BCUT2D eigenvalue weighted by atomic mass is 32.2. The zero-order valence-corrected chi connectivity index (χ0v) is 12.3. The molecule has 2 atom stereocenters. The average Bonchev–Trinajstić information content (AvgIpc) is 2.95. The van der Waals surface area contributed by atoms with Gasteiger partial charge in [0, 0.05) is 10.9 Å². The molecule has 0 bridgehead atoms. The van der Waals surface area contributed by atoms with Crippen LogP contribution in [0.4, 0.5) is 5.69 Å². The molecule has 2 amide bonds. The van der Waals surface area contributed by atoms with Crippen molar-refractivity contribution >= 4 is 29.3 Å². The first kappa shape index (κ1) is 13.5. The number of amides is 2. The summed E-state index contributed by atoms with van der Waals surface area (Å²) < 4.78 is 0. The normalized spacial score (nSPS) is 25.4. The highest BCUT2D eigenvalue weighted by Gasteiger charge is 2.45. The quantitative estimate of drug-likeness (QED) is 0.686. The lowest BCUT2D eigenvalue weighted by Gasteiger charge is -2.27. The summed E-state index contributed by atoms with van der Waals surface area (Å²) in [5.74, 6) is 0.620. The summed E-state index contributed by atoms with van der Waals surface area (Å²) >= 11 is 1.84. The molecular weight excluding hydrogens is 272 g/mol. The van der Waals surface area contributed by atoms with Crippen molar-refractivity contribution in [2.45, 2.75) is 37.5 Å². The second kappa shape index (κ2) is 5.13. The number of rotatable bonds is 3.